The lowest BCUT2D eigenvalue weighted by molar-refractivity contribution is 0.232. The molecule has 0 atom stereocenters. The number of aliphatic imine (C=N–C) groups is 1. The van der Waals surface area contributed by atoms with Crippen LogP contribution in [0.4, 0.5) is 4.39 Å². The van der Waals surface area contributed by atoms with Crippen LogP contribution in [0.15, 0.2) is 47.6 Å². The highest BCUT2D eigenvalue weighted by atomic mass is 19.1. The topological polar surface area (TPSA) is 58.5 Å². The van der Waals surface area contributed by atoms with Crippen LogP contribution >= 0.6 is 0 Å². The monoisotopic (exact) mass is 330 g/mol. The third-order valence-electron chi connectivity index (χ3n) is 3.24. The lowest BCUT2D eigenvalue weighted by atomic mass is 10.2. The first-order chi connectivity index (χ1) is 11.6. The smallest absolute Gasteiger partial charge is 0.213 e. The second-order valence-electron chi connectivity index (χ2n) is 5.54. The van der Waals surface area contributed by atoms with Crippen molar-refractivity contribution < 1.29 is 9.13 Å². The molecule has 128 valence electrons. The van der Waals surface area contributed by atoms with Gasteiger partial charge in [-0.3, -0.25) is 4.99 Å². The highest BCUT2D eigenvalue weighted by Crippen LogP contribution is 2.09. The molecule has 0 saturated heterocycles. The van der Waals surface area contributed by atoms with Gasteiger partial charge in [-0.15, -0.1) is 0 Å². The van der Waals surface area contributed by atoms with Gasteiger partial charge in [-0.1, -0.05) is 24.3 Å². The van der Waals surface area contributed by atoms with Gasteiger partial charge < -0.3 is 15.4 Å². The maximum Gasteiger partial charge on any atom is 0.213 e. The van der Waals surface area contributed by atoms with Gasteiger partial charge in [-0.2, -0.15) is 0 Å². The molecule has 0 fully saturated rings. The molecule has 24 heavy (non-hydrogen) atoms. The summed E-state index contributed by atoms with van der Waals surface area (Å²) in [5, 5.41) is 6.26. The molecule has 6 heteroatoms. The van der Waals surface area contributed by atoms with Gasteiger partial charge in [0.05, 0.1) is 6.10 Å². The van der Waals surface area contributed by atoms with Crippen molar-refractivity contribution >= 4 is 5.96 Å². The van der Waals surface area contributed by atoms with Gasteiger partial charge in [0.15, 0.2) is 5.96 Å². The molecule has 0 aliphatic heterocycles. The Balaban J connectivity index is 1.84. The predicted octanol–water partition coefficient (Wildman–Crippen LogP) is 2.87. The standard InChI is InChI=1S/C18H23FN4O/c1-13(2)24-17-9-8-14(10-21-17)11-22-18(20-3)23-12-15-6-4-5-7-16(15)19/h4-10,13H,11-12H2,1-3H3,(H2,20,22,23). The van der Waals surface area contributed by atoms with Crippen LogP contribution in [0.25, 0.3) is 0 Å². The van der Waals surface area contributed by atoms with Crippen molar-refractivity contribution in [3.05, 3.63) is 59.5 Å². The van der Waals surface area contributed by atoms with Crippen molar-refractivity contribution in [2.75, 3.05) is 7.05 Å². The fourth-order valence-electron chi connectivity index (χ4n) is 2.05. The average molecular weight is 330 g/mol. The van der Waals surface area contributed by atoms with Crippen LogP contribution in [0.2, 0.25) is 0 Å². The van der Waals surface area contributed by atoms with Crippen LogP contribution in [-0.2, 0) is 13.1 Å². The first-order valence-corrected chi connectivity index (χ1v) is 7.88. The molecule has 0 unspecified atom stereocenters. The normalized spacial score (nSPS) is 11.5. The quantitative estimate of drug-likeness (QED) is 0.632. The van der Waals surface area contributed by atoms with E-state index in [0.29, 0.717) is 30.5 Å². The molecule has 0 aliphatic carbocycles. The van der Waals surface area contributed by atoms with Crippen molar-refractivity contribution in [1.29, 1.82) is 0 Å². The van der Waals surface area contributed by atoms with E-state index in [1.165, 1.54) is 6.07 Å². The Bertz CT molecular complexity index is 671. The summed E-state index contributed by atoms with van der Waals surface area (Å²) in [5.74, 6) is 0.974. The van der Waals surface area contributed by atoms with E-state index in [1.54, 1.807) is 25.4 Å². The number of hydrogen-bond acceptors (Lipinski definition) is 3. The van der Waals surface area contributed by atoms with Gasteiger partial charge in [0.2, 0.25) is 5.88 Å². The number of pyridine rings is 1. The summed E-state index contributed by atoms with van der Waals surface area (Å²) in [4.78, 5) is 8.39. The molecule has 0 radical (unpaired) electrons. The first kappa shape index (κ1) is 17.7. The van der Waals surface area contributed by atoms with Crippen LogP contribution in [-0.4, -0.2) is 24.1 Å². The fraction of sp³-hybridized carbons (Fsp3) is 0.333. The lowest BCUT2D eigenvalue weighted by Gasteiger charge is -2.13. The van der Waals surface area contributed by atoms with Gasteiger partial charge in [-0.25, -0.2) is 9.37 Å². The predicted molar refractivity (Wildman–Crippen MR) is 93.4 cm³/mol. The van der Waals surface area contributed by atoms with E-state index in [-0.39, 0.29) is 11.9 Å². The molecule has 0 amide bonds. The van der Waals surface area contributed by atoms with Gasteiger partial charge in [0.1, 0.15) is 5.82 Å². The molecule has 5 nitrogen and oxygen atoms in total. The maximum absolute atomic E-state index is 13.6. The zero-order valence-corrected chi connectivity index (χ0v) is 14.2. The Kier molecular flexibility index (Phi) is 6.54. The van der Waals surface area contributed by atoms with Gasteiger partial charge in [-0.05, 0) is 25.5 Å². The number of ether oxygens (including phenoxy) is 1. The Labute approximate surface area is 142 Å². The van der Waals surface area contributed by atoms with Crippen molar-refractivity contribution in [3.8, 4) is 5.88 Å². The first-order valence-electron chi connectivity index (χ1n) is 7.88. The second-order valence-corrected chi connectivity index (χ2v) is 5.54. The number of nitrogens with one attached hydrogen (secondary N) is 2. The van der Waals surface area contributed by atoms with Gasteiger partial charge >= 0.3 is 0 Å². The fourth-order valence-corrected chi connectivity index (χ4v) is 2.05. The van der Waals surface area contributed by atoms with Crippen molar-refractivity contribution in [1.82, 2.24) is 15.6 Å². The molecule has 0 saturated carbocycles. The summed E-state index contributed by atoms with van der Waals surface area (Å²) in [5.41, 5.74) is 1.59. The third kappa shape index (κ3) is 5.53. The lowest BCUT2D eigenvalue weighted by Crippen LogP contribution is -2.36. The molecule has 1 heterocycles. The average Bonchev–Trinajstić information content (AvgIpc) is 2.57. The van der Waals surface area contributed by atoms with E-state index in [2.05, 4.69) is 20.6 Å². The van der Waals surface area contributed by atoms with Crippen LogP contribution in [0, 0.1) is 5.82 Å². The summed E-state index contributed by atoms with van der Waals surface area (Å²) < 4.78 is 19.1. The molecule has 1 aromatic carbocycles. The van der Waals surface area contributed by atoms with Crippen molar-refractivity contribution in [2.45, 2.75) is 33.0 Å². The summed E-state index contributed by atoms with van der Waals surface area (Å²) >= 11 is 0. The largest absolute Gasteiger partial charge is 0.475 e. The zero-order chi connectivity index (χ0) is 17.4. The molecule has 1 aromatic heterocycles. The summed E-state index contributed by atoms with van der Waals surface area (Å²) in [7, 11) is 1.68. The van der Waals surface area contributed by atoms with Gasteiger partial charge in [0, 0.05) is 38.0 Å². The van der Waals surface area contributed by atoms with Crippen molar-refractivity contribution in [3.63, 3.8) is 0 Å². The number of aromatic nitrogens is 1. The minimum Gasteiger partial charge on any atom is -0.475 e. The van der Waals surface area contributed by atoms with Gasteiger partial charge in [0.25, 0.3) is 0 Å². The Hall–Kier alpha value is -2.63. The van der Waals surface area contributed by atoms with E-state index >= 15 is 0 Å². The van der Waals surface area contributed by atoms with E-state index in [0.717, 1.165) is 5.56 Å². The second kappa shape index (κ2) is 8.86. The SMILES string of the molecule is CN=C(NCc1ccc(OC(C)C)nc1)NCc1ccccc1F. The molecular formula is C18H23FN4O. The molecule has 2 aromatic rings. The third-order valence-corrected chi connectivity index (χ3v) is 3.24. The van der Waals surface area contributed by atoms with Crippen LogP contribution in [0.3, 0.4) is 0 Å². The number of rotatable bonds is 6. The number of nitrogens with zero attached hydrogens (tertiary/aromatic N) is 2. The zero-order valence-electron chi connectivity index (χ0n) is 14.2. The highest BCUT2D eigenvalue weighted by Gasteiger charge is 2.04. The molecule has 2 rings (SSSR count). The van der Waals surface area contributed by atoms with E-state index in [1.807, 2.05) is 32.0 Å². The number of guanidine groups is 1. The van der Waals surface area contributed by atoms with Crippen molar-refractivity contribution in [2.24, 2.45) is 4.99 Å². The minimum atomic E-state index is -0.231. The molecule has 2 N–H and O–H groups in total. The Morgan fingerprint density at radius 3 is 2.54 bits per heavy atom. The van der Waals surface area contributed by atoms with E-state index < -0.39 is 0 Å². The summed E-state index contributed by atoms with van der Waals surface area (Å²) in [6.07, 6.45) is 1.86. The highest BCUT2D eigenvalue weighted by molar-refractivity contribution is 5.79. The van der Waals surface area contributed by atoms with Crippen LogP contribution in [0.1, 0.15) is 25.0 Å². The Morgan fingerprint density at radius 2 is 1.92 bits per heavy atom. The molecule has 0 bridgehead atoms. The number of benzene rings is 1. The van der Waals surface area contributed by atoms with E-state index in [4.69, 9.17) is 4.74 Å². The minimum absolute atomic E-state index is 0.0999. The summed E-state index contributed by atoms with van der Waals surface area (Å²) in [6, 6.07) is 10.5. The Morgan fingerprint density at radius 1 is 1.17 bits per heavy atom. The number of hydrogen-bond donors (Lipinski definition) is 2. The van der Waals surface area contributed by atoms with Crippen LogP contribution in [0.5, 0.6) is 5.88 Å². The number of halogens is 1. The van der Waals surface area contributed by atoms with E-state index in [9.17, 15) is 4.39 Å². The maximum atomic E-state index is 13.6. The molecule has 0 aliphatic rings. The summed E-state index contributed by atoms with van der Waals surface area (Å²) in [6.45, 7) is 4.85. The van der Waals surface area contributed by atoms with Crippen LogP contribution < -0.4 is 15.4 Å². The molecular weight excluding hydrogens is 307 g/mol. The molecule has 0 spiro atoms.